The maximum Gasteiger partial charge on any atom is 0.173 e. The second-order valence-electron chi connectivity index (χ2n) is 3.20. The van der Waals surface area contributed by atoms with Gasteiger partial charge in [-0.3, -0.25) is 0 Å². The molecular formula is C11H14Cl2N2S. The van der Waals surface area contributed by atoms with E-state index in [0.717, 1.165) is 13.1 Å². The highest BCUT2D eigenvalue weighted by molar-refractivity contribution is 7.80. The van der Waals surface area contributed by atoms with Crippen molar-refractivity contribution in [3.63, 3.8) is 0 Å². The molecule has 5 heteroatoms. The number of benzene rings is 1. The molecule has 0 aliphatic carbocycles. The molecule has 1 rings (SSSR count). The summed E-state index contributed by atoms with van der Waals surface area (Å²) >= 11 is 17.4. The quantitative estimate of drug-likeness (QED) is 0.840. The van der Waals surface area contributed by atoms with Gasteiger partial charge in [0, 0.05) is 13.1 Å². The highest BCUT2D eigenvalue weighted by Gasteiger charge is 2.10. The molecule has 0 aromatic heterocycles. The van der Waals surface area contributed by atoms with E-state index in [1.54, 1.807) is 18.2 Å². The van der Waals surface area contributed by atoms with Crippen molar-refractivity contribution < 1.29 is 0 Å². The van der Waals surface area contributed by atoms with Crippen LogP contribution < -0.4 is 5.32 Å². The van der Waals surface area contributed by atoms with Crippen LogP contribution in [0.4, 0.5) is 5.69 Å². The van der Waals surface area contributed by atoms with Gasteiger partial charge in [0.05, 0.1) is 15.7 Å². The van der Waals surface area contributed by atoms with E-state index < -0.39 is 0 Å². The van der Waals surface area contributed by atoms with Gasteiger partial charge in [-0.15, -0.1) is 0 Å². The molecule has 1 N–H and O–H groups in total. The lowest BCUT2D eigenvalue weighted by molar-refractivity contribution is 0.473. The van der Waals surface area contributed by atoms with Gasteiger partial charge >= 0.3 is 0 Å². The molecular weight excluding hydrogens is 263 g/mol. The molecule has 0 heterocycles. The zero-order chi connectivity index (χ0) is 12.1. The molecule has 16 heavy (non-hydrogen) atoms. The highest BCUT2D eigenvalue weighted by atomic mass is 35.5. The summed E-state index contributed by atoms with van der Waals surface area (Å²) in [7, 11) is 0. The summed E-state index contributed by atoms with van der Waals surface area (Å²) in [6, 6.07) is 5.36. The molecule has 0 amide bonds. The summed E-state index contributed by atoms with van der Waals surface area (Å²) in [5, 5.41) is 4.86. The Hall–Kier alpha value is -0.510. The SMILES string of the molecule is CCN(CC)C(=S)Nc1c(Cl)cccc1Cl. The lowest BCUT2D eigenvalue weighted by atomic mass is 10.3. The van der Waals surface area contributed by atoms with Crippen LogP contribution in [0.3, 0.4) is 0 Å². The van der Waals surface area contributed by atoms with Crippen molar-refractivity contribution in [1.82, 2.24) is 4.90 Å². The molecule has 0 aliphatic heterocycles. The zero-order valence-corrected chi connectivity index (χ0v) is 11.6. The Morgan fingerprint density at radius 2 is 1.75 bits per heavy atom. The number of rotatable bonds is 3. The lowest BCUT2D eigenvalue weighted by Crippen LogP contribution is -2.34. The molecule has 0 atom stereocenters. The van der Waals surface area contributed by atoms with Crippen molar-refractivity contribution in [3.05, 3.63) is 28.2 Å². The van der Waals surface area contributed by atoms with Crippen LogP contribution in [-0.4, -0.2) is 23.1 Å². The van der Waals surface area contributed by atoms with Crippen LogP contribution >= 0.6 is 35.4 Å². The van der Waals surface area contributed by atoms with Crippen LogP contribution in [0.2, 0.25) is 10.0 Å². The Balaban J connectivity index is 2.84. The molecule has 1 aromatic carbocycles. The third kappa shape index (κ3) is 3.24. The first-order chi connectivity index (χ1) is 7.60. The summed E-state index contributed by atoms with van der Waals surface area (Å²) in [4.78, 5) is 2.02. The van der Waals surface area contributed by atoms with Crippen LogP contribution in [0.25, 0.3) is 0 Å². The number of nitrogens with one attached hydrogen (secondary N) is 1. The number of thiocarbonyl (C=S) groups is 1. The van der Waals surface area contributed by atoms with Gasteiger partial charge in [0.25, 0.3) is 0 Å². The molecule has 0 saturated heterocycles. The minimum atomic E-state index is 0.571. The molecule has 2 nitrogen and oxygen atoms in total. The minimum absolute atomic E-state index is 0.571. The predicted octanol–water partition coefficient (Wildman–Crippen LogP) is 4.03. The van der Waals surface area contributed by atoms with Gasteiger partial charge in [-0.1, -0.05) is 29.3 Å². The average molecular weight is 277 g/mol. The molecule has 0 fully saturated rings. The lowest BCUT2D eigenvalue weighted by Gasteiger charge is -2.23. The van der Waals surface area contributed by atoms with Crippen molar-refractivity contribution in [2.24, 2.45) is 0 Å². The normalized spacial score (nSPS) is 10.0. The fourth-order valence-electron chi connectivity index (χ4n) is 1.31. The van der Waals surface area contributed by atoms with Gasteiger partial charge in [0.1, 0.15) is 0 Å². The Kier molecular flexibility index (Phi) is 5.32. The number of halogens is 2. The smallest absolute Gasteiger partial charge is 0.173 e. The van der Waals surface area contributed by atoms with Crippen molar-refractivity contribution >= 4 is 46.2 Å². The summed E-state index contributed by atoms with van der Waals surface area (Å²) in [6.07, 6.45) is 0. The maximum atomic E-state index is 6.04. The molecule has 0 bridgehead atoms. The van der Waals surface area contributed by atoms with Crippen molar-refractivity contribution in [2.45, 2.75) is 13.8 Å². The van der Waals surface area contributed by atoms with Crippen molar-refractivity contribution in [2.75, 3.05) is 18.4 Å². The minimum Gasteiger partial charge on any atom is -0.350 e. The van der Waals surface area contributed by atoms with E-state index in [1.165, 1.54) is 0 Å². The molecule has 0 aliphatic rings. The van der Waals surface area contributed by atoms with Gasteiger partial charge in [0.2, 0.25) is 0 Å². The topological polar surface area (TPSA) is 15.3 Å². The summed E-state index contributed by atoms with van der Waals surface area (Å²) in [6.45, 7) is 5.80. The Morgan fingerprint density at radius 3 is 2.19 bits per heavy atom. The van der Waals surface area contributed by atoms with Crippen LogP contribution in [0, 0.1) is 0 Å². The van der Waals surface area contributed by atoms with Crippen LogP contribution in [0.15, 0.2) is 18.2 Å². The standard InChI is InChI=1S/C11H14Cl2N2S/c1-3-15(4-2)11(16)14-10-8(12)6-5-7-9(10)13/h5-7H,3-4H2,1-2H3,(H,14,16). The van der Waals surface area contributed by atoms with Gasteiger partial charge in [-0.05, 0) is 38.2 Å². The first-order valence-electron chi connectivity index (χ1n) is 5.10. The van der Waals surface area contributed by atoms with Crippen molar-refractivity contribution in [3.8, 4) is 0 Å². The molecule has 1 aromatic rings. The van der Waals surface area contributed by atoms with E-state index in [9.17, 15) is 0 Å². The third-order valence-electron chi connectivity index (χ3n) is 2.25. The van der Waals surface area contributed by atoms with Crippen LogP contribution in [-0.2, 0) is 0 Å². The van der Waals surface area contributed by atoms with E-state index in [4.69, 9.17) is 35.4 Å². The Labute approximate surface area is 112 Å². The molecule has 0 saturated carbocycles. The van der Waals surface area contributed by atoms with Gasteiger partial charge in [-0.2, -0.15) is 0 Å². The second kappa shape index (κ2) is 6.28. The van der Waals surface area contributed by atoms with Gasteiger partial charge in [0.15, 0.2) is 5.11 Å². The largest absolute Gasteiger partial charge is 0.350 e. The predicted molar refractivity (Wildman–Crippen MR) is 75.6 cm³/mol. The molecule has 0 unspecified atom stereocenters. The number of para-hydroxylation sites is 1. The maximum absolute atomic E-state index is 6.04. The summed E-state index contributed by atoms with van der Waals surface area (Å²) < 4.78 is 0. The van der Waals surface area contributed by atoms with Crippen molar-refractivity contribution in [1.29, 1.82) is 0 Å². The monoisotopic (exact) mass is 276 g/mol. The van der Waals surface area contributed by atoms with E-state index in [0.29, 0.717) is 20.8 Å². The van der Waals surface area contributed by atoms with E-state index in [1.807, 2.05) is 18.7 Å². The first-order valence-corrected chi connectivity index (χ1v) is 6.26. The summed E-state index contributed by atoms with van der Waals surface area (Å²) in [5.41, 5.74) is 0.669. The first kappa shape index (κ1) is 13.6. The van der Waals surface area contributed by atoms with Crippen LogP contribution in [0.5, 0.6) is 0 Å². The average Bonchev–Trinajstić information content (AvgIpc) is 2.25. The molecule has 88 valence electrons. The summed E-state index contributed by atoms with van der Waals surface area (Å²) in [5.74, 6) is 0. The fraction of sp³-hybridized carbons (Fsp3) is 0.364. The number of hydrogen-bond donors (Lipinski definition) is 1. The van der Waals surface area contributed by atoms with Crippen LogP contribution in [0.1, 0.15) is 13.8 Å². The molecule has 0 radical (unpaired) electrons. The number of anilines is 1. The fourth-order valence-corrected chi connectivity index (χ4v) is 2.17. The van der Waals surface area contributed by atoms with Gasteiger partial charge < -0.3 is 10.2 Å². The van der Waals surface area contributed by atoms with E-state index >= 15 is 0 Å². The second-order valence-corrected chi connectivity index (χ2v) is 4.40. The number of nitrogens with zero attached hydrogens (tertiary/aromatic N) is 1. The number of hydrogen-bond acceptors (Lipinski definition) is 1. The third-order valence-corrected chi connectivity index (χ3v) is 3.24. The molecule has 0 spiro atoms. The Bertz CT molecular complexity index is 358. The van der Waals surface area contributed by atoms with Gasteiger partial charge in [-0.25, -0.2) is 0 Å². The Morgan fingerprint density at radius 1 is 1.25 bits per heavy atom. The van der Waals surface area contributed by atoms with E-state index in [-0.39, 0.29) is 0 Å². The zero-order valence-electron chi connectivity index (χ0n) is 9.26. The highest BCUT2D eigenvalue weighted by Crippen LogP contribution is 2.29. The van der Waals surface area contributed by atoms with E-state index in [2.05, 4.69) is 5.32 Å².